The molecule has 1 aromatic rings. The third-order valence-electron chi connectivity index (χ3n) is 3.72. The minimum Gasteiger partial charge on any atom is -0.371 e. The van der Waals surface area contributed by atoms with Crippen molar-refractivity contribution < 1.29 is 4.39 Å². The maximum Gasteiger partial charge on any atom is 0.123 e. The minimum atomic E-state index is -0.147. The van der Waals surface area contributed by atoms with Gasteiger partial charge in [-0.25, -0.2) is 4.39 Å². The smallest absolute Gasteiger partial charge is 0.123 e. The molecule has 0 radical (unpaired) electrons. The fraction of sp³-hybridized carbons (Fsp3) is 0.571. The van der Waals surface area contributed by atoms with E-state index >= 15 is 0 Å². The van der Waals surface area contributed by atoms with Crippen molar-refractivity contribution in [1.82, 2.24) is 0 Å². The number of benzene rings is 1. The van der Waals surface area contributed by atoms with E-state index in [1.54, 1.807) is 12.1 Å². The molecule has 0 atom stereocenters. The van der Waals surface area contributed by atoms with E-state index in [-0.39, 0.29) is 5.82 Å². The molecule has 0 aromatic heterocycles. The average Bonchev–Trinajstić information content (AvgIpc) is 2.39. The van der Waals surface area contributed by atoms with E-state index in [9.17, 15) is 4.39 Å². The molecule has 94 valence electrons. The van der Waals surface area contributed by atoms with Crippen LogP contribution in [0.15, 0.2) is 18.2 Å². The molecule has 1 aliphatic rings. The van der Waals surface area contributed by atoms with Crippen molar-refractivity contribution in [3.63, 3.8) is 0 Å². The zero-order chi connectivity index (χ0) is 12.3. The average molecular weight is 300 g/mol. The molecule has 0 unspecified atom stereocenters. The summed E-state index contributed by atoms with van der Waals surface area (Å²) in [6, 6.07) is 5.11. The first-order chi connectivity index (χ1) is 8.24. The van der Waals surface area contributed by atoms with Gasteiger partial charge in [0, 0.05) is 24.1 Å². The standard InChI is InChI=1S/C14H19BrFN/c1-2-11-5-7-17(8-6-11)14-4-3-13(16)9-12(14)10-15/h3-4,9,11H,2,5-8,10H2,1H3. The van der Waals surface area contributed by atoms with Crippen LogP contribution in [0, 0.1) is 11.7 Å². The van der Waals surface area contributed by atoms with E-state index in [1.807, 2.05) is 6.07 Å². The number of nitrogens with zero attached hydrogens (tertiary/aromatic N) is 1. The predicted molar refractivity (Wildman–Crippen MR) is 74.3 cm³/mol. The molecule has 3 heteroatoms. The zero-order valence-corrected chi connectivity index (χ0v) is 11.8. The number of hydrogen-bond acceptors (Lipinski definition) is 1. The van der Waals surface area contributed by atoms with Crippen LogP contribution in [0.4, 0.5) is 10.1 Å². The van der Waals surface area contributed by atoms with Gasteiger partial charge in [0.2, 0.25) is 0 Å². The second-order valence-corrected chi connectivity index (χ2v) is 5.31. The summed E-state index contributed by atoms with van der Waals surface area (Å²) in [6.07, 6.45) is 3.80. The van der Waals surface area contributed by atoms with Crippen LogP contribution < -0.4 is 4.90 Å². The van der Waals surface area contributed by atoms with Gasteiger partial charge in [0.25, 0.3) is 0 Å². The maximum absolute atomic E-state index is 13.2. The second-order valence-electron chi connectivity index (χ2n) is 4.75. The van der Waals surface area contributed by atoms with Crippen LogP contribution in [-0.2, 0) is 5.33 Å². The van der Waals surface area contributed by atoms with Crippen molar-refractivity contribution in [2.45, 2.75) is 31.5 Å². The molecule has 1 fully saturated rings. The Kier molecular flexibility index (Phi) is 4.43. The Labute approximate surface area is 111 Å². The lowest BCUT2D eigenvalue weighted by Crippen LogP contribution is -2.34. The first kappa shape index (κ1) is 12.9. The lowest BCUT2D eigenvalue weighted by Gasteiger charge is -2.34. The second kappa shape index (κ2) is 5.85. The van der Waals surface area contributed by atoms with Crippen LogP contribution >= 0.6 is 15.9 Å². The van der Waals surface area contributed by atoms with E-state index in [0.29, 0.717) is 5.33 Å². The number of halogens is 2. The van der Waals surface area contributed by atoms with Crippen LogP contribution in [0.25, 0.3) is 0 Å². The number of piperidine rings is 1. The Morgan fingerprint density at radius 3 is 2.65 bits per heavy atom. The van der Waals surface area contributed by atoms with Crippen LogP contribution in [0.2, 0.25) is 0 Å². The molecule has 0 N–H and O–H groups in total. The topological polar surface area (TPSA) is 3.24 Å². The highest BCUT2D eigenvalue weighted by Gasteiger charge is 2.19. The summed E-state index contributed by atoms with van der Waals surface area (Å²) >= 11 is 3.44. The molecule has 0 saturated carbocycles. The molecule has 1 saturated heterocycles. The van der Waals surface area contributed by atoms with Gasteiger partial charge in [-0.05, 0) is 42.5 Å². The number of alkyl halides is 1. The fourth-order valence-corrected chi connectivity index (χ4v) is 3.00. The van der Waals surface area contributed by atoms with Gasteiger partial charge in [0.15, 0.2) is 0 Å². The van der Waals surface area contributed by atoms with E-state index < -0.39 is 0 Å². The molecular formula is C14H19BrFN. The Balaban J connectivity index is 2.12. The first-order valence-electron chi connectivity index (χ1n) is 6.34. The number of anilines is 1. The van der Waals surface area contributed by atoms with Gasteiger partial charge < -0.3 is 4.90 Å². The van der Waals surface area contributed by atoms with Crippen LogP contribution in [0.3, 0.4) is 0 Å². The molecule has 17 heavy (non-hydrogen) atoms. The van der Waals surface area contributed by atoms with Gasteiger partial charge in [-0.3, -0.25) is 0 Å². The number of rotatable bonds is 3. The Morgan fingerprint density at radius 1 is 1.35 bits per heavy atom. The van der Waals surface area contributed by atoms with Crippen molar-refractivity contribution in [1.29, 1.82) is 0 Å². The van der Waals surface area contributed by atoms with Crippen LogP contribution in [0.5, 0.6) is 0 Å². The third-order valence-corrected chi connectivity index (χ3v) is 4.32. The summed E-state index contributed by atoms with van der Waals surface area (Å²) in [5, 5.41) is 0.716. The molecule has 0 aliphatic carbocycles. The van der Waals surface area contributed by atoms with Crippen molar-refractivity contribution in [2.75, 3.05) is 18.0 Å². The van der Waals surface area contributed by atoms with Gasteiger partial charge in [0.05, 0.1) is 0 Å². The van der Waals surface area contributed by atoms with E-state index in [4.69, 9.17) is 0 Å². The highest BCUT2D eigenvalue weighted by Crippen LogP contribution is 2.29. The largest absolute Gasteiger partial charge is 0.371 e. The molecule has 1 aliphatic heterocycles. The summed E-state index contributed by atoms with van der Waals surface area (Å²) in [5.74, 6) is 0.728. The Bertz CT molecular complexity index is 372. The lowest BCUT2D eigenvalue weighted by molar-refractivity contribution is 0.395. The molecule has 1 aromatic carbocycles. The van der Waals surface area contributed by atoms with Crippen molar-refractivity contribution in [3.8, 4) is 0 Å². The number of hydrogen-bond donors (Lipinski definition) is 0. The molecular weight excluding hydrogens is 281 g/mol. The normalized spacial score (nSPS) is 17.5. The quantitative estimate of drug-likeness (QED) is 0.750. The highest BCUT2D eigenvalue weighted by atomic mass is 79.9. The van der Waals surface area contributed by atoms with Gasteiger partial charge in [-0.15, -0.1) is 0 Å². The first-order valence-corrected chi connectivity index (χ1v) is 7.46. The van der Waals surface area contributed by atoms with Crippen molar-refractivity contribution in [2.24, 2.45) is 5.92 Å². The maximum atomic E-state index is 13.2. The van der Waals surface area contributed by atoms with Gasteiger partial charge in [0.1, 0.15) is 5.82 Å². The minimum absolute atomic E-state index is 0.147. The molecule has 1 heterocycles. The zero-order valence-electron chi connectivity index (χ0n) is 10.3. The van der Waals surface area contributed by atoms with Gasteiger partial charge in [-0.1, -0.05) is 29.3 Å². The van der Waals surface area contributed by atoms with E-state index in [1.165, 1.54) is 24.9 Å². The Morgan fingerprint density at radius 2 is 2.06 bits per heavy atom. The predicted octanol–water partition coefficient (Wildman–Crippen LogP) is 4.35. The molecule has 1 nitrogen and oxygen atoms in total. The third kappa shape index (κ3) is 3.01. The highest BCUT2D eigenvalue weighted by molar-refractivity contribution is 9.08. The molecule has 0 amide bonds. The van der Waals surface area contributed by atoms with Gasteiger partial charge in [-0.2, -0.15) is 0 Å². The van der Waals surface area contributed by atoms with Crippen molar-refractivity contribution in [3.05, 3.63) is 29.6 Å². The lowest BCUT2D eigenvalue weighted by atomic mass is 9.94. The monoisotopic (exact) mass is 299 g/mol. The van der Waals surface area contributed by atoms with E-state index in [2.05, 4.69) is 27.8 Å². The summed E-state index contributed by atoms with van der Waals surface area (Å²) in [4.78, 5) is 2.39. The fourth-order valence-electron chi connectivity index (χ4n) is 2.55. The van der Waals surface area contributed by atoms with Crippen LogP contribution in [-0.4, -0.2) is 13.1 Å². The van der Waals surface area contributed by atoms with Crippen LogP contribution in [0.1, 0.15) is 31.7 Å². The van der Waals surface area contributed by atoms with Crippen molar-refractivity contribution >= 4 is 21.6 Å². The molecule has 0 bridgehead atoms. The summed E-state index contributed by atoms with van der Waals surface area (Å²) in [6.45, 7) is 4.47. The summed E-state index contributed by atoms with van der Waals surface area (Å²) < 4.78 is 13.2. The summed E-state index contributed by atoms with van der Waals surface area (Å²) in [5.41, 5.74) is 2.25. The molecule has 2 rings (SSSR count). The Hall–Kier alpha value is -0.570. The SMILES string of the molecule is CCC1CCN(c2ccc(F)cc2CBr)CC1. The van der Waals surface area contributed by atoms with Gasteiger partial charge >= 0.3 is 0 Å². The molecule has 0 spiro atoms. The van der Waals surface area contributed by atoms with E-state index in [0.717, 1.165) is 24.6 Å². The summed E-state index contributed by atoms with van der Waals surface area (Å²) in [7, 11) is 0.